The first-order valence-corrected chi connectivity index (χ1v) is 13.0. The highest BCUT2D eigenvalue weighted by molar-refractivity contribution is 6.72. The van der Waals surface area contributed by atoms with Crippen molar-refractivity contribution < 1.29 is 24.4 Å². The van der Waals surface area contributed by atoms with Crippen LogP contribution in [0, 0.1) is 22.0 Å². The predicted octanol–water partition coefficient (Wildman–Crippen LogP) is 3.69. The van der Waals surface area contributed by atoms with Gasteiger partial charge in [0.05, 0.1) is 10.5 Å². The first kappa shape index (κ1) is 24.2. The molecule has 2 N–H and O–H groups in total. The lowest BCUT2D eigenvalue weighted by Gasteiger charge is -2.47. The third-order valence-electron chi connectivity index (χ3n) is 6.66. The van der Waals surface area contributed by atoms with E-state index in [1.54, 1.807) is 6.07 Å². The molecule has 1 heterocycles. The third kappa shape index (κ3) is 4.96. The first-order chi connectivity index (χ1) is 13.7. The van der Waals surface area contributed by atoms with Gasteiger partial charge in [-0.1, -0.05) is 26.8 Å². The molecule has 30 heavy (non-hydrogen) atoms. The summed E-state index contributed by atoms with van der Waals surface area (Å²) in [6.07, 6.45) is 5.43. The average Bonchev–Trinajstić information content (AvgIpc) is 2.62. The van der Waals surface area contributed by atoms with Crippen molar-refractivity contribution in [1.82, 2.24) is 4.98 Å². The second-order valence-corrected chi connectivity index (χ2v) is 13.9. The Balaban J connectivity index is 2.57. The van der Waals surface area contributed by atoms with Crippen LogP contribution in [0.2, 0.25) is 18.1 Å². The maximum atomic E-state index is 11.6. The fourth-order valence-corrected chi connectivity index (χ4v) is 4.55. The van der Waals surface area contributed by atoms with Crippen molar-refractivity contribution in [2.45, 2.75) is 64.3 Å². The molecule has 3 atom stereocenters. The molecule has 0 bridgehead atoms. The Morgan fingerprint density at radius 3 is 2.63 bits per heavy atom. The summed E-state index contributed by atoms with van der Waals surface area (Å²) in [6.45, 7) is 10.6. The molecule has 8 nitrogen and oxygen atoms in total. The van der Waals surface area contributed by atoms with Gasteiger partial charge in [-0.2, -0.15) is 0 Å². The summed E-state index contributed by atoms with van der Waals surface area (Å²) in [6, 6.07) is 1.61. The van der Waals surface area contributed by atoms with Crippen molar-refractivity contribution in [2.75, 3.05) is 6.61 Å². The summed E-state index contributed by atoms with van der Waals surface area (Å²) in [5.74, 6) is -1.27. The quantitative estimate of drug-likeness (QED) is 0.289. The Hall–Kier alpha value is -2.10. The molecule has 0 saturated carbocycles. The molecule has 0 aliphatic heterocycles. The zero-order valence-corrected chi connectivity index (χ0v) is 19.5. The van der Waals surface area contributed by atoms with Crippen LogP contribution in [0.25, 0.3) is 5.57 Å². The number of carbonyl (C=O) groups is 1. The number of rotatable bonds is 7. The standard InChI is InChI=1S/C21H32N2O6Si/c1-14-9-16(18-7-8-22-12-19(18)23(26)27)10-17(11-20(3,4)30(5,6)28)21(14,25)13-29-15(2)24/h7-8,10,12,14,17,25,28H,9,11,13H2,1-6H3/t14-,17-,21+/m0/s1. The summed E-state index contributed by atoms with van der Waals surface area (Å²) in [5.41, 5.74) is -0.202. The number of pyridine rings is 1. The van der Waals surface area contributed by atoms with Gasteiger partial charge in [-0.25, -0.2) is 0 Å². The lowest BCUT2D eigenvalue weighted by Crippen LogP contribution is -2.52. The minimum Gasteiger partial charge on any atom is -0.463 e. The number of nitro groups is 1. The highest BCUT2D eigenvalue weighted by atomic mass is 28.4. The zero-order valence-electron chi connectivity index (χ0n) is 18.5. The van der Waals surface area contributed by atoms with Crippen LogP contribution in [-0.2, 0) is 9.53 Å². The lowest BCUT2D eigenvalue weighted by molar-refractivity contribution is -0.385. The summed E-state index contributed by atoms with van der Waals surface area (Å²) in [5, 5.41) is 22.6. The highest BCUT2D eigenvalue weighted by Gasteiger charge is 2.50. The SMILES string of the molecule is CC(=O)OC[C@@]1(O)[C@@H](C)CC(c2ccncc2[N+](=O)[O-])=C[C@H]1CC(C)(C)[Si](C)(C)O. The van der Waals surface area contributed by atoms with Gasteiger partial charge in [-0.15, -0.1) is 0 Å². The molecule has 0 amide bonds. The molecule has 1 aromatic rings. The van der Waals surface area contributed by atoms with Crippen LogP contribution >= 0.6 is 0 Å². The molecule has 0 aromatic carbocycles. The Kier molecular flexibility index (Phi) is 6.90. The van der Waals surface area contributed by atoms with Crippen LogP contribution in [0.3, 0.4) is 0 Å². The van der Waals surface area contributed by atoms with Gasteiger partial charge in [0, 0.05) is 19.0 Å². The van der Waals surface area contributed by atoms with Gasteiger partial charge in [0.1, 0.15) is 18.4 Å². The molecular formula is C21H32N2O6Si. The number of aromatic nitrogens is 1. The lowest BCUT2D eigenvalue weighted by atomic mass is 9.67. The number of hydrogen-bond donors (Lipinski definition) is 2. The van der Waals surface area contributed by atoms with Crippen LogP contribution in [-0.4, -0.2) is 46.3 Å². The molecule has 2 rings (SSSR count). The number of carbonyl (C=O) groups excluding carboxylic acids is 1. The van der Waals surface area contributed by atoms with Crippen molar-refractivity contribution in [3.63, 3.8) is 0 Å². The average molecular weight is 437 g/mol. The number of esters is 1. The van der Waals surface area contributed by atoms with Crippen molar-refractivity contribution in [3.05, 3.63) is 40.2 Å². The molecule has 0 spiro atoms. The van der Waals surface area contributed by atoms with E-state index in [1.165, 1.54) is 19.3 Å². The Labute approximate surface area is 178 Å². The van der Waals surface area contributed by atoms with Crippen molar-refractivity contribution >= 4 is 25.5 Å². The normalized spacial score (nSPS) is 24.9. The van der Waals surface area contributed by atoms with Gasteiger partial charge in [-0.3, -0.25) is 19.9 Å². The van der Waals surface area contributed by atoms with Crippen LogP contribution in [0.15, 0.2) is 24.5 Å². The molecule has 1 aromatic heterocycles. The Morgan fingerprint density at radius 2 is 2.10 bits per heavy atom. The molecule has 0 fully saturated rings. The van der Waals surface area contributed by atoms with E-state index in [0.29, 0.717) is 18.4 Å². The monoisotopic (exact) mass is 436 g/mol. The summed E-state index contributed by atoms with van der Waals surface area (Å²) >= 11 is 0. The number of allylic oxidation sites excluding steroid dienone is 1. The number of nitrogens with zero attached hydrogens (tertiary/aromatic N) is 2. The molecule has 0 unspecified atom stereocenters. The zero-order chi connectivity index (χ0) is 22.9. The second-order valence-electron chi connectivity index (χ2n) is 9.47. The van der Waals surface area contributed by atoms with Crippen molar-refractivity contribution in [1.29, 1.82) is 0 Å². The summed E-state index contributed by atoms with van der Waals surface area (Å²) in [4.78, 5) is 37.1. The molecular weight excluding hydrogens is 404 g/mol. The van der Waals surface area contributed by atoms with Crippen molar-refractivity contribution in [3.8, 4) is 0 Å². The second kappa shape index (κ2) is 8.56. The Bertz CT molecular complexity index is 848. The smallest absolute Gasteiger partial charge is 0.302 e. The van der Waals surface area contributed by atoms with E-state index in [2.05, 4.69) is 4.98 Å². The minimum atomic E-state index is -2.59. The first-order valence-electron chi connectivity index (χ1n) is 10.1. The van der Waals surface area contributed by atoms with E-state index >= 15 is 0 Å². The predicted molar refractivity (Wildman–Crippen MR) is 116 cm³/mol. The van der Waals surface area contributed by atoms with Crippen LogP contribution in [0.4, 0.5) is 5.69 Å². The van der Waals surface area contributed by atoms with Gasteiger partial charge < -0.3 is 14.6 Å². The molecule has 1 aliphatic carbocycles. The molecule has 0 saturated heterocycles. The summed E-state index contributed by atoms with van der Waals surface area (Å²) < 4.78 is 5.20. The molecule has 9 heteroatoms. The highest BCUT2D eigenvalue weighted by Crippen LogP contribution is 2.50. The number of hydrogen-bond acceptors (Lipinski definition) is 7. The Morgan fingerprint density at radius 1 is 1.47 bits per heavy atom. The van der Waals surface area contributed by atoms with Gasteiger partial charge in [0.15, 0.2) is 8.32 Å². The molecule has 166 valence electrons. The topological polar surface area (TPSA) is 123 Å². The van der Waals surface area contributed by atoms with Crippen LogP contribution in [0.1, 0.15) is 46.1 Å². The number of aliphatic hydroxyl groups is 1. The number of ether oxygens (including phenoxy) is 1. The maximum absolute atomic E-state index is 11.6. The van der Waals surface area contributed by atoms with Gasteiger partial charge in [0.25, 0.3) is 5.69 Å². The van der Waals surface area contributed by atoms with Gasteiger partial charge in [0.2, 0.25) is 0 Å². The third-order valence-corrected chi connectivity index (χ3v) is 10.2. The van der Waals surface area contributed by atoms with E-state index < -0.39 is 35.8 Å². The van der Waals surface area contributed by atoms with Crippen molar-refractivity contribution in [2.24, 2.45) is 11.8 Å². The fourth-order valence-electron chi connectivity index (χ4n) is 3.83. The van der Waals surface area contributed by atoms with E-state index in [-0.39, 0.29) is 18.2 Å². The molecule has 0 radical (unpaired) electrons. The van der Waals surface area contributed by atoms with Crippen LogP contribution < -0.4 is 0 Å². The van der Waals surface area contributed by atoms with E-state index in [4.69, 9.17) is 4.74 Å². The minimum absolute atomic E-state index is 0.0868. The van der Waals surface area contributed by atoms with Crippen LogP contribution in [0.5, 0.6) is 0 Å². The van der Waals surface area contributed by atoms with E-state index in [1.807, 2.05) is 39.9 Å². The summed E-state index contributed by atoms with van der Waals surface area (Å²) in [7, 11) is -2.59. The van der Waals surface area contributed by atoms with E-state index in [9.17, 15) is 24.8 Å². The fraction of sp³-hybridized carbons (Fsp3) is 0.619. The maximum Gasteiger partial charge on any atom is 0.302 e. The largest absolute Gasteiger partial charge is 0.463 e. The van der Waals surface area contributed by atoms with Gasteiger partial charge in [-0.05, 0) is 48.5 Å². The van der Waals surface area contributed by atoms with E-state index in [0.717, 1.165) is 5.57 Å². The molecule has 1 aliphatic rings. The van der Waals surface area contributed by atoms with Gasteiger partial charge >= 0.3 is 5.97 Å².